The lowest BCUT2D eigenvalue weighted by molar-refractivity contribution is -0.140. The smallest absolute Gasteiger partial charge is 0.326 e. The molecule has 0 heterocycles. The van der Waals surface area contributed by atoms with E-state index in [1.165, 1.54) is 7.11 Å². The van der Waals surface area contributed by atoms with Crippen molar-refractivity contribution in [3.05, 3.63) is 29.3 Å². The standard InChI is InChI=1S/C15H21NO4/c1-5-9(2)13(15(18)19)16-14(17)11-7-6-10(3)12(8-11)20-4/h6-9,13H,5H2,1-4H3,(H,16,17)(H,18,19)/t9-,13-/m0/s1. The molecule has 5 heteroatoms. The molecule has 1 aromatic rings. The minimum atomic E-state index is -1.02. The summed E-state index contributed by atoms with van der Waals surface area (Å²) in [6, 6.07) is 4.15. The minimum absolute atomic E-state index is 0.135. The molecule has 1 amide bonds. The molecule has 0 aliphatic heterocycles. The van der Waals surface area contributed by atoms with Crippen molar-refractivity contribution < 1.29 is 19.4 Å². The third kappa shape index (κ3) is 3.73. The van der Waals surface area contributed by atoms with E-state index in [0.717, 1.165) is 5.56 Å². The van der Waals surface area contributed by atoms with Crippen molar-refractivity contribution in [2.24, 2.45) is 5.92 Å². The summed E-state index contributed by atoms with van der Waals surface area (Å²) in [6.45, 7) is 5.57. The zero-order chi connectivity index (χ0) is 15.3. The molecular weight excluding hydrogens is 258 g/mol. The number of ether oxygens (including phenoxy) is 1. The van der Waals surface area contributed by atoms with E-state index >= 15 is 0 Å². The van der Waals surface area contributed by atoms with Crippen molar-refractivity contribution in [3.63, 3.8) is 0 Å². The van der Waals surface area contributed by atoms with E-state index in [1.54, 1.807) is 25.1 Å². The summed E-state index contributed by atoms with van der Waals surface area (Å²) >= 11 is 0. The fourth-order valence-corrected chi connectivity index (χ4v) is 1.87. The second-order valence-electron chi connectivity index (χ2n) is 4.86. The molecule has 0 aliphatic carbocycles. The molecule has 1 aromatic carbocycles. The summed E-state index contributed by atoms with van der Waals surface area (Å²) in [6.07, 6.45) is 0.675. The van der Waals surface area contributed by atoms with Crippen LogP contribution < -0.4 is 10.1 Å². The predicted octanol–water partition coefficient (Wildman–Crippen LogP) is 2.23. The Hall–Kier alpha value is -2.04. The Morgan fingerprint density at radius 3 is 2.55 bits per heavy atom. The van der Waals surface area contributed by atoms with Crippen LogP contribution in [0.2, 0.25) is 0 Å². The van der Waals surface area contributed by atoms with Crippen LogP contribution in [0, 0.1) is 12.8 Å². The first-order chi connectivity index (χ1) is 9.40. The van der Waals surface area contributed by atoms with Crippen LogP contribution in [0.15, 0.2) is 18.2 Å². The van der Waals surface area contributed by atoms with Crippen LogP contribution in [-0.2, 0) is 4.79 Å². The number of rotatable bonds is 6. The zero-order valence-corrected chi connectivity index (χ0v) is 12.3. The highest BCUT2D eigenvalue weighted by molar-refractivity contribution is 5.97. The molecule has 0 unspecified atom stereocenters. The monoisotopic (exact) mass is 279 g/mol. The summed E-state index contributed by atoms with van der Waals surface area (Å²) in [5, 5.41) is 11.7. The van der Waals surface area contributed by atoms with Crippen LogP contribution in [0.1, 0.15) is 36.2 Å². The van der Waals surface area contributed by atoms with E-state index in [0.29, 0.717) is 17.7 Å². The number of hydrogen-bond acceptors (Lipinski definition) is 3. The second kappa shape index (κ2) is 6.93. The van der Waals surface area contributed by atoms with Gasteiger partial charge in [0.1, 0.15) is 11.8 Å². The number of methoxy groups -OCH3 is 1. The molecule has 2 N–H and O–H groups in total. The highest BCUT2D eigenvalue weighted by Crippen LogP contribution is 2.19. The van der Waals surface area contributed by atoms with Crippen LogP contribution >= 0.6 is 0 Å². The van der Waals surface area contributed by atoms with Crippen molar-refractivity contribution in [3.8, 4) is 5.75 Å². The fourth-order valence-electron chi connectivity index (χ4n) is 1.87. The van der Waals surface area contributed by atoms with Gasteiger partial charge in [-0.3, -0.25) is 4.79 Å². The Morgan fingerprint density at radius 2 is 2.05 bits per heavy atom. The predicted molar refractivity (Wildman–Crippen MR) is 76.1 cm³/mol. The van der Waals surface area contributed by atoms with E-state index in [-0.39, 0.29) is 5.92 Å². The minimum Gasteiger partial charge on any atom is -0.496 e. The quantitative estimate of drug-likeness (QED) is 0.837. The van der Waals surface area contributed by atoms with Crippen molar-refractivity contribution >= 4 is 11.9 Å². The Morgan fingerprint density at radius 1 is 1.40 bits per heavy atom. The summed E-state index contributed by atoms with van der Waals surface area (Å²) in [7, 11) is 1.53. The molecule has 0 aromatic heterocycles. The molecule has 0 spiro atoms. The summed E-state index contributed by atoms with van der Waals surface area (Å²) in [5.41, 5.74) is 1.31. The van der Waals surface area contributed by atoms with Crippen molar-refractivity contribution in [2.45, 2.75) is 33.2 Å². The van der Waals surface area contributed by atoms with Gasteiger partial charge in [0.05, 0.1) is 7.11 Å². The van der Waals surface area contributed by atoms with Gasteiger partial charge in [-0.15, -0.1) is 0 Å². The average Bonchev–Trinajstić information content (AvgIpc) is 2.43. The molecule has 0 radical (unpaired) electrons. The van der Waals surface area contributed by atoms with Gasteiger partial charge in [-0.05, 0) is 30.5 Å². The molecule has 110 valence electrons. The Kier molecular flexibility index (Phi) is 5.55. The molecule has 0 aliphatic rings. The molecule has 0 saturated carbocycles. The number of carboxylic acid groups (broad SMARTS) is 1. The molecule has 20 heavy (non-hydrogen) atoms. The van der Waals surface area contributed by atoms with Crippen LogP contribution in [0.3, 0.4) is 0 Å². The number of aryl methyl sites for hydroxylation is 1. The molecule has 0 bridgehead atoms. The number of amides is 1. The van der Waals surface area contributed by atoms with Gasteiger partial charge in [-0.1, -0.05) is 26.3 Å². The first-order valence-electron chi connectivity index (χ1n) is 6.59. The maximum atomic E-state index is 12.1. The lowest BCUT2D eigenvalue weighted by Gasteiger charge is -2.20. The molecular formula is C15H21NO4. The van der Waals surface area contributed by atoms with Crippen LogP contribution in [0.4, 0.5) is 0 Å². The van der Waals surface area contributed by atoms with Gasteiger partial charge in [0, 0.05) is 5.56 Å². The number of carbonyl (C=O) groups is 2. The van der Waals surface area contributed by atoms with Gasteiger partial charge < -0.3 is 15.2 Å². The first-order valence-corrected chi connectivity index (χ1v) is 6.59. The molecule has 0 fully saturated rings. The van der Waals surface area contributed by atoms with Gasteiger partial charge in [-0.2, -0.15) is 0 Å². The number of nitrogens with one attached hydrogen (secondary N) is 1. The lowest BCUT2D eigenvalue weighted by atomic mass is 9.99. The number of aliphatic carboxylic acids is 1. The maximum absolute atomic E-state index is 12.1. The molecule has 0 saturated heterocycles. The van der Waals surface area contributed by atoms with Crippen molar-refractivity contribution in [1.82, 2.24) is 5.32 Å². The number of carbonyl (C=O) groups excluding carboxylic acids is 1. The Labute approximate surface area is 118 Å². The maximum Gasteiger partial charge on any atom is 0.326 e. The normalized spacial score (nSPS) is 13.4. The molecule has 5 nitrogen and oxygen atoms in total. The SMILES string of the molecule is CC[C@H](C)[C@H](NC(=O)c1ccc(C)c(OC)c1)C(=O)O. The van der Waals surface area contributed by atoms with E-state index in [1.807, 2.05) is 13.8 Å². The van der Waals surface area contributed by atoms with Crippen LogP contribution in [-0.4, -0.2) is 30.1 Å². The van der Waals surface area contributed by atoms with E-state index in [9.17, 15) is 14.7 Å². The average molecular weight is 279 g/mol. The first kappa shape index (κ1) is 16.0. The number of carboxylic acids is 1. The van der Waals surface area contributed by atoms with Crippen molar-refractivity contribution in [1.29, 1.82) is 0 Å². The van der Waals surface area contributed by atoms with Gasteiger partial charge in [-0.25, -0.2) is 4.79 Å². The van der Waals surface area contributed by atoms with E-state index < -0.39 is 17.9 Å². The van der Waals surface area contributed by atoms with Crippen LogP contribution in [0.5, 0.6) is 5.75 Å². The lowest BCUT2D eigenvalue weighted by Crippen LogP contribution is -2.45. The van der Waals surface area contributed by atoms with Gasteiger partial charge >= 0.3 is 5.97 Å². The Balaban J connectivity index is 2.92. The third-order valence-corrected chi connectivity index (χ3v) is 3.44. The third-order valence-electron chi connectivity index (χ3n) is 3.44. The summed E-state index contributed by atoms with van der Waals surface area (Å²) < 4.78 is 5.16. The van der Waals surface area contributed by atoms with E-state index in [4.69, 9.17) is 4.74 Å². The Bertz CT molecular complexity index is 499. The van der Waals surface area contributed by atoms with Gasteiger partial charge in [0.15, 0.2) is 0 Å². The van der Waals surface area contributed by atoms with Crippen LogP contribution in [0.25, 0.3) is 0 Å². The highest BCUT2D eigenvalue weighted by Gasteiger charge is 2.25. The summed E-state index contributed by atoms with van der Waals surface area (Å²) in [4.78, 5) is 23.3. The highest BCUT2D eigenvalue weighted by atomic mass is 16.5. The van der Waals surface area contributed by atoms with Crippen molar-refractivity contribution in [2.75, 3.05) is 7.11 Å². The zero-order valence-electron chi connectivity index (χ0n) is 12.3. The van der Waals surface area contributed by atoms with E-state index in [2.05, 4.69) is 5.32 Å². The molecule has 2 atom stereocenters. The topological polar surface area (TPSA) is 75.6 Å². The second-order valence-corrected chi connectivity index (χ2v) is 4.86. The van der Waals surface area contributed by atoms with Gasteiger partial charge in [0.25, 0.3) is 5.91 Å². The van der Waals surface area contributed by atoms with Gasteiger partial charge in [0.2, 0.25) is 0 Å². The summed E-state index contributed by atoms with van der Waals surface area (Å²) in [5.74, 6) is -0.959. The number of benzene rings is 1. The molecule has 1 rings (SSSR count). The fraction of sp³-hybridized carbons (Fsp3) is 0.467. The number of hydrogen-bond donors (Lipinski definition) is 2. The largest absolute Gasteiger partial charge is 0.496 e.